The van der Waals surface area contributed by atoms with Gasteiger partial charge < -0.3 is 14.9 Å². The number of hydrogen-bond acceptors (Lipinski definition) is 3. The third-order valence-electron chi connectivity index (χ3n) is 3.65. The van der Waals surface area contributed by atoms with Crippen LogP contribution in [0, 0.1) is 0 Å². The van der Waals surface area contributed by atoms with Crippen molar-refractivity contribution < 1.29 is 14.7 Å². The topological polar surface area (TPSA) is 60.9 Å². The molecule has 1 aliphatic heterocycles. The summed E-state index contributed by atoms with van der Waals surface area (Å²) in [4.78, 5) is 27.2. The first kappa shape index (κ1) is 16.0. The number of carbonyl (C=O) groups is 2. The first-order valence-electron chi connectivity index (χ1n) is 7.32. The maximum atomic E-state index is 11.9. The normalized spacial score (nSPS) is 19.3. The van der Waals surface area contributed by atoms with Crippen molar-refractivity contribution in [3.63, 3.8) is 0 Å². The van der Waals surface area contributed by atoms with Crippen LogP contribution in [-0.4, -0.2) is 59.0 Å². The van der Waals surface area contributed by atoms with E-state index in [1.807, 2.05) is 13.8 Å². The summed E-state index contributed by atoms with van der Waals surface area (Å²) < 4.78 is 0. The lowest BCUT2D eigenvalue weighted by Gasteiger charge is -2.30. The number of amides is 2. The van der Waals surface area contributed by atoms with Crippen LogP contribution in [0.5, 0.6) is 0 Å². The first-order chi connectivity index (χ1) is 9.08. The molecule has 0 saturated carbocycles. The molecule has 0 aliphatic carbocycles. The van der Waals surface area contributed by atoms with Gasteiger partial charge in [0.2, 0.25) is 11.8 Å². The van der Waals surface area contributed by atoms with Crippen molar-refractivity contribution >= 4 is 11.8 Å². The molecule has 5 heteroatoms. The smallest absolute Gasteiger partial charge is 0.222 e. The highest BCUT2D eigenvalue weighted by molar-refractivity contribution is 5.79. The average molecular weight is 270 g/mol. The Morgan fingerprint density at radius 2 is 1.95 bits per heavy atom. The van der Waals surface area contributed by atoms with Gasteiger partial charge in [0.1, 0.15) is 0 Å². The van der Waals surface area contributed by atoms with Crippen LogP contribution < -0.4 is 0 Å². The van der Waals surface area contributed by atoms with E-state index in [0.29, 0.717) is 25.8 Å². The molecule has 1 rings (SSSR count). The van der Waals surface area contributed by atoms with Crippen molar-refractivity contribution in [1.29, 1.82) is 0 Å². The Balaban J connectivity index is 2.25. The van der Waals surface area contributed by atoms with Gasteiger partial charge in [-0.2, -0.15) is 0 Å². The van der Waals surface area contributed by atoms with E-state index in [4.69, 9.17) is 0 Å². The Hall–Kier alpha value is -1.10. The molecule has 1 N–H and O–H groups in total. The number of rotatable bonds is 6. The number of β-amino-alcohol motifs (C(OH)–C–C–N with tert-alkyl or cyclic N) is 1. The zero-order chi connectivity index (χ0) is 14.3. The third kappa shape index (κ3) is 5.19. The molecule has 1 unspecified atom stereocenters. The first-order valence-corrected chi connectivity index (χ1v) is 7.32. The fourth-order valence-corrected chi connectivity index (χ4v) is 2.46. The van der Waals surface area contributed by atoms with Gasteiger partial charge in [0.25, 0.3) is 0 Å². The highest BCUT2D eigenvalue weighted by atomic mass is 16.3. The number of aliphatic hydroxyl groups excluding tert-OH is 1. The summed E-state index contributed by atoms with van der Waals surface area (Å²) in [6.07, 6.45) is 2.70. The van der Waals surface area contributed by atoms with Crippen molar-refractivity contribution in [2.75, 3.05) is 26.2 Å². The summed E-state index contributed by atoms with van der Waals surface area (Å²) in [6.45, 7) is 6.55. The average Bonchev–Trinajstić information content (AvgIpc) is 2.40. The summed E-state index contributed by atoms with van der Waals surface area (Å²) in [5, 5.41) is 9.52. The standard InChI is InChI=1S/C14H26N2O3/c1-3-15(4-2)13(18)8-5-9-14(19)16-10-6-7-12(17)11-16/h12,17H,3-11H2,1-2H3. The van der Waals surface area contributed by atoms with E-state index in [1.54, 1.807) is 9.80 Å². The molecule has 0 aromatic heterocycles. The minimum Gasteiger partial charge on any atom is -0.391 e. The Labute approximate surface area is 115 Å². The van der Waals surface area contributed by atoms with E-state index in [-0.39, 0.29) is 17.9 Å². The van der Waals surface area contributed by atoms with Crippen molar-refractivity contribution in [2.45, 2.75) is 52.1 Å². The second kappa shape index (κ2) is 8.15. The fraction of sp³-hybridized carbons (Fsp3) is 0.857. The van der Waals surface area contributed by atoms with Gasteiger partial charge in [0.05, 0.1) is 6.10 Å². The SMILES string of the molecule is CCN(CC)C(=O)CCCC(=O)N1CCCC(O)C1. The minimum absolute atomic E-state index is 0.0612. The number of hydrogen-bond donors (Lipinski definition) is 1. The predicted molar refractivity (Wildman–Crippen MR) is 73.6 cm³/mol. The van der Waals surface area contributed by atoms with Crippen molar-refractivity contribution in [3.8, 4) is 0 Å². The number of likely N-dealkylation sites (tertiary alicyclic amines) is 1. The monoisotopic (exact) mass is 270 g/mol. The van der Waals surface area contributed by atoms with Crippen LogP contribution in [0.1, 0.15) is 46.0 Å². The van der Waals surface area contributed by atoms with E-state index < -0.39 is 0 Å². The molecule has 0 bridgehead atoms. The Bertz CT molecular complexity index is 303. The van der Waals surface area contributed by atoms with Crippen LogP contribution in [-0.2, 0) is 9.59 Å². The quantitative estimate of drug-likeness (QED) is 0.783. The molecule has 1 heterocycles. The molecule has 0 radical (unpaired) electrons. The molecule has 0 aromatic rings. The highest BCUT2D eigenvalue weighted by Crippen LogP contribution is 2.12. The Morgan fingerprint density at radius 3 is 2.53 bits per heavy atom. The molecule has 5 nitrogen and oxygen atoms in total. The lowest BCUT2D eigenvalue weighted by atomic mass is 10.1. The summed E-state index contributed by atoms with van der Waals surface area (Å²) in [5.41, 5.74) is 0. The third-order valence-corrected chi connectivity index (χ3v) is 3.65. The molecule has 1 fully saturated rings. The van der Waals surface area contributed by atoms with E-state index >= 15 is 0 Å². The summed E-state index contributed by atoms with van der Waals surface area (Å²) in [7, 11) is 0. The predicted octanol–water partition coefficient (Wildman–Crippen LogP) is 1.01. The molecule has 2 amide bonds. The van der Waals surface area contributed by atoms with Crippen molar-refractivity contribution in [3.05, 3.63) is 0 Å². The zero-order valence-corrected chi connectivity index (χ0v) is 12.1. The number of carbonyl (C=O) groups excluding carboxylic acids is 2. The van der Waals surface area contributed by atoms with Gasteiger partial charge in [-0.15, -0.1) is 0 Å². The van der Waals surface area contributed by atoms with Crippen molar-refractivity contribution in [1.82, 2.24) is 9.80 Å². The second-order valence-electron chi connectivity index (χ2n) is 5.06. The van der Waals surface area contributed by atoms with Gasteiger partial charge in [0.15, 0.2) is 0 Å². The van der Waals surface area contributed by atoms with Gasteiger partial charge in [0, 0.05) is 39.0 Å². The van der Waals surface area contributed by atoms with Crippen LogP contribution in [0.15, 0.2) is 0 Å². The zero-order valence-electron chi connectivity index (χ0n) is 12.1. The van der Waals surface area contributed by atoms with Gasteiger partial charge in [-0.1, -0.05) is 0 Å². The lowest BCUT2D eigenvalue weighted by molar-refractivity contribution is -0.134. The number of aliphatic hydroxyl groups is 1. The van der Waals surface area contributed by atoms with Crippen molar-refractivity contribution in [2.24, 2.45) is 0 Å². The Kier molecular flexibility index (Phi) is 6.84. The maximum Gasteiger partial charge on any atom is 0.222 e. The number of piperidine rings is 1. The van der Waals surface area contributed by atoms with Crippen LogP contribution in [0.3, 0.4) is 0 Å². The van der Waals surface area contributed by atoms with Gasteiger partial charge >= 0.3 is 0 Å². The molecule has 0 spiro atoms. The summed E-state index contributed by atoms with van der Waals surface area (Å²) in [6, 6.07) is 0. The van der Waals surface area contributed by atoms with E-state index in [2.05, 4.69) is 0 Å². The molecule has 110 valence electrons. The van der Waals surface area contributed by atoms with E-state index in [9.17, 15) is 14.7 Å². The maximum absolute atomic E-state index is 11.9. The molecule has 1 atom stereocenters. The van der Waals surface area contributed by atoms with E-state index in [0.717, 1.165) is 32.5 Å². The molecule has 19 heavy (non-hydrogen) atoms. The molecule has 0 aromatic carbocycles. The molecular formula is C14H26N2O3. The van der Waals surface area contributed by atoms with Crippen LogP contribution in [0.25, 0.3) is 0 Å². The largest absolute Gasteiger partial charge is 0.391 e. The van der Waals surface area contributed by atoms with Gasteiger partial charge in [-0.25, -0.2) is 0 Å². The Morgan fingerprint density at radius 1 is 1.26 bits per heavy atom. The van der Waals surface area contributed by atoms with Gasteiger partial charge in [-0.05, 0) is 33.1 Å². The second-order valence-corrected chi connectivity index (χ2v) is 5.06. The molecular weight excluding hydrogens is 244 g/mol. The fourth-order valence-electron chi connectivity index (χ4n) is 2.46. The summed E-state index contributed by atoms with van der Waals surface area (Å²) >= 11 is 0. The molecule has 1 saturated heterocycles. The molecule has 1 aliphatic rings. The van der Waals surface area contributed by atoms with E-state index in [1.165, 1.54) is 0 Å². The lowest BCUT2D eigenvalue weighted by Crippen LogP contribution is -2.42. The van der Waals surface area contributed by atoms with Crippen LogP contribution >= 0.6 is 0 Å². The highest BCUT2D eigenvalue weighted by Gasteiger charge is 2.21. The van der Waals surface area contributed by atoms with Crippen LogP contribution in [0.2, 0.25) is 0 Å². The van der Waals surface area contributed by atoms with Crippen LogP contribution in [0.4, 0.5) is 0 Å². The summed E-state index contributed by atoms with van der Waals surface area (Å²) in [5.74, 6) is 0.183. The minimum atomic E-state index is -0.380. The number of nitrogens with zero attached hydrogens (tertiary/aromatic N) is 2. The van der Waals surface area contributed by atoms with Gasteiger partial charge in [-0.3, -0.25) is 9.59 Å².